The smallest absolute Gasteiger partial charge is 0.260 e. The lowest BCUT2D eigenvalue weighted by Gasteiger charge is -2.26. The molecular weight excluding hydrogens is 490 g/mol. The molecule has 11 heteroatoms. The van der Waals surface area contributed by atoms with Crippen molar-refractivity contribution >= 4 is 11.8 Å². The Bertz CT molecular complexity index is 1150. The van der Waals surface area contributed by atoms with Crippen LogP contribution in [0.4, 0.5) is 11.8 Å². The second-order valence-corrected chi connectivity index (χ2v) is 11.1. The van der Waals surface area contributed by atoms with Crippen LogP contribution in [0, 0.1) is 18.8 Å². The third-order valence-corrected chi connectivity index (χ3v) is 7.41. The minimum Gasteiger partial charge on any atom is -0.481 e. The Morgan fingerprint density at radius 1 is 1.13 bits per heavy atom. The zero-order valence-electron chi connectivity index (χ0n) is 22.8. The van der Waals surface area contributed by atoms with Gasteiger partial charge in [0.05, 0.1) is 31.6 Å². The van der Waals surface area contributed by atoms with Crippen LogP contribution in [0.15, 0.2) is 6.07 Å². The molecule has 4 N–H and O–H groups in total. The Kier molecular flexibility index (Phi) is 7.52. The number of rotatable bonds is 11. The van der Waals surface area contributed by atoms with Gasteiger partial charge in [0.2, 0.25) is 11.8 Å². The van der Waals surface area contributed by atoms with Crippen LogP contribution in [0.1, 0.15) is 62.5 Å². The first-order valence-corrected chi connectivity index (χ1v) is 13.4. The van der Waals surface area contributed by atoms with E-state index >= 15 is 0 Å². The van der Waals surface area contributed by atoms with Crippen molar-refractivity contribution in [3.8, 4) is 17.5 Å². The summed E-state index contributed by atoms with van der Waals surface area (Å²) in [6.45, 7) is 6.03. The van der Waals surface area contributed by atoms with Crippen molar-refractivity contribution in [2.24, 2.45) is 11.8 Å². The lowest BCUT2D eigenvalue weighted by Crippen LogP contribution is -2.33. The summed E-state index contributed by atoms with van der Waals surface area (Å²) >= 11 is 0. The predicted molar refractivity (Wildman–Crippen MR) is 141 cm³/mol. The summed E-state index contributed by atoms with van der Waals surface area (Å²) in [5, 5.41) is 27.2. The highest BCUT2D eigenvalue weighted by atomic mass is 16.6. The minimum absolute atomic E-state index is 0.0103. The summed E-state index contributed by atoms with van der Waals surface area (Å²) in [6, 6.07) is 1.86. The standard InChI is InChI=1S/C27H39N5O6/c1-14-22(20-9-16-10-21(35-4)31-25(36-5)23(16)37-20)24(32-26(29-14)28-12-15-6-7-15)30-18-8-17(13-33)19(11-18)38-27(2,3)34/h10,15,17-20,33-34H,6-9,11-13H2,1-5H3,(H2,28,29,30,32)/t17-,18-,19+,20?/m1/s1. The van der Waals surface area contributed by atoms with E-state index in [4.69, 9.17) is 28.9 Å². The SMILES string of the molecule is COc1cc2c(c(OC)n1)OC(c1c(C)nc(NCC3CC3)nc1N[C@@H]1C[C@H](CO)[C@@H](OC(C)(C)O)C1)C2. The Hall–Kier alpha value is -2.89. The van der Waals surface area contributed by atoms with Gasteiger partial charge >= 0.3 is 0 Å². The molecule has 2 aromatic heterocycles. The van der Waals surface area contributed by atoms with E-state index in [0.717, 1.165) is 23.4 Å². The molecule has 3 aliphatic rings. The third-order valence-electron chi connectivity index (χ3n) is 7.41. The summed E-state index contributed by atoms with van der Waals surface area (Å²) in [7, 11) is 3.13. The maximum absolute atomic E-state index is 10.2. The predicted octanol–water partition coefficient (Wildman–Crippen LogP) is 2.99. The third kappa shape index (κ3) is 5.89. The molecule has 38 heavy (non-hydrogen) atoms. The Labute approximate surface area is 223 Å². The van der Waals surface area contributed by atoms with E-state index in [-0.39, 0.29) is 30.8 Å². The molecule has 2 aromatic rings. The van der Waals surface area contributed by atoms with Crippen LogP contribution in [0.3, 0.4) is 0 Å². The van der Waals surface area contributed by atoms with Crippen LogP contribution in [-0.2, 0) is 11.2 Å². The number of hydrogen-bond donors (Lipinski definition) is 4. The number of fused-ring (bicyclic) bond motifs is 1. The molecule has 4 atom stereocenters. The van der Waals surface area contributed by atoms with Crippen molar-refractivity contribution in [1.82, 2.24) is 15.0 Å². The number of nitrogens with one attached hydrogen (secondary N) is 2. The molecule has 5 rings (SSSR count). The molecule has 3 heterocycles. The Morgan fingerprint density at radius 3 is 2.58 bits per heavy atom. The van der Waals surface area contributed by atoms with Crippen molar-refractivity contribution in [3.63, 3.8) is 0 Å². The Balaban J connectivity index is 1.43. The van der Waals surface area contributed by atoms with Gasteiger partial charge in [0.25, 0.3) is 5.88 Å². The highest BCUT2D eigenvalue weighted by Crippen LogP contribution is 2.46. The molecule has 208 valence electrons. The van der Waals surface area contributed by atoms with Crippen LogP contribution in [0.2, 0.25) is 0 Å². The monoisotopic (exact) mass is 529 g/mol. The first-order chi connectivity index (χ1) is 18.2. The van der Waals surface area contributed by atoms with Crippen molar-refractivity contribution in [1.29, 1.82) is 0 Å². The van der Waals surface area contributed by atoms with Gasteiger partial charge in [-0.15, -0.1) is 0 Å². The fourth-order valence-electron chi connectivity index (χ4n) is 5.42. The molecule has 0 aromatic carbocycles. The minimum atomic E-state index is -1.28. The molecule has 0 spiro atoms. The zero-order chi connectivity index (χ0) is 27.0. The number of aromatic nitrogens is 3. The summed E-state index contributed by atoms with van der Waals surface area (Å²) in [6.07, 6.45) is 3.75. The van der Waals surface area contributed by atoms with Crippen LogP contribution in [-0.4, -0.2) is 70.5 Å². The van der Waals surface area contributed by atoms with E-state index in [0.29, 0.717) is 54.5 Å². The van der Waals surface area contributed by atoms with E-state index < -0.39 is 5.79 Å². The normalized spacial score (nSPS) is 24.6. The molecular formula is C27H39N5O6. The summed E-state index contributed by atoms with van der Waals surface area (Å²) < 4.78 is 23.1. The van der Waals surface area contributed by atoms with E-state index in [2.05, 4.69) is 15.6 Å². The average Bonchev–Trinajstić information content (AvgIpc) is 3.49. The quantitative estimate of drug-likeness (QED) is 0.319. The number of aliphatic hydroxyl groups excluding tert-OH is 1. The number of pyridine rings is 1. The first kappa shape index (κ1) is 26.7. The van der Waals surface area contributed by atoms with Crippen LogP contribution < -0.4 is 24.8 Å². The highest BCUT2D eigenvalue weighted by molar-refractivity contribution is 5.56. The van der Waals surface area contributed by atoms with Gasteiger partial charge in [-0.25, -0.2) is 4.98 Å². The van der Waals surface area contributed by atoms with Crippen molar-refractivity contribution in [2.75, 3.05) is 38.0 Å². The lowest BCUT2D eigenvalue weighted by molar-refractivity contribution is -0.214. The second-order valence-electron chi connectivity index (χ2n) is 11.1. The van der Waals surface area contributed by atoms with Gasteiger partial charge < -0.3 is 39.8 Å². The van der Waals surface area contributed by atoms with E-state index in [1.165, 1.54) is 12.8 Å². The maximum atomic E-state index is 10.2. The number of hydrogen-bond acceptors (Lipinski definition) is 11. The molecule has 2 aliphatic carbocycles. The number of aliphatic hydroxyl groups is 2. The molecule has 0 amide bonds. The van der Waals surface area contributed by atoms with E-state index in [9.17, 15) is 10.2 Å². The number of aryl methyl sites for hydroxylation is 1. The van der Waals surface area contributed by atoms with Gasteiger partial charge in [0.1, 0.15) is 11.9 Å². The Morgan fingerprint density at radius 2 is 1.92 bits per heavy atom. The van der Waals surface area contributed by atoms with Crippen LogP contribution >= 0.6 is 0 Å². The molecule has 2 fully saturated rings. The first-order valence-electron chi connectivity index (χ1n) is 13.4. The van der Waals surface area contributed by atoms with Gasteiger partial charge in [-0.1, -0.05) is 0 Å². The maximum Gasteiger partial charge on any atom is 0.260 e. The number of anilines is 2. The summed E-state index contributed by atoms with van der Waals surface area (Å²) in [5.74, 6) is 2.03. The summed E-state index contributed by atoms with van der Waals surface area (Å²) in [4.78, 5) is 14.0. The fraction of sp³-hybridized carbons (Fsp3) is 0.667. The van der Waals surface area contributed by atoms with Crippen LogP contribution in [0.25, 0.3) is 0 Å². The largest absolute Gasteiger partial charge is 0.481 e. The van der Waals surface area contributed by atoms with Crippen LogP contribution in [0.5, 0.6) is 17.5 Å². The topological polar surface area (TPSA) is 140 Å². The number of nitrogens with zero attached hydrogens (tertiary/aromatic N) is 3. The molecule has 1 unspecified atom stereocenters. The van der Waals surface area contributed by atoms with Crippen molar-refractivity contribution in [3.05, 3.63) is 22.9 Å². The fourth-order valence-corrected chi connectivity index (χ4v) is 5.42. The number of ether oxygens (including phenoxy) is 4. The second kappa shape index (κ2) is 10.7. The molecule has 11 nitrogen and oxygen atoms in total. The van der Waals surface area contributed by atoms with Crippen molar-refractivity contribution < 1.29 is 29.2 Å². The summed E-state index contributed by atoms with van der Waals surface area (Å²) in [5.41, 5.74) is 2.63. The van der Waals surface area contributed by atoms with Gasteiger partial charge in [0, 0.05) is 43.2 Å². The van der Waals surface area contributed by atoms with E-state index in [1.807, 2.05) is 13.0 Å². The average molecular weight is 530 g/mol. The molecule has 1 aliphatic heterocycles. The highest BCUT2D eigenvalue weighted by Gasteiger charge is 2.39. The van der Waals surface area contributed by atoms with E-state index in [1.54, 1.807) is 28.1 Å². The van der Waals surface area contributed by atoms with Gasteiger partial charge in [-0.3, -0.25) is 0 Å². The lowest BCUT2D eigenvalue weighted by atomic mass is 10.0. The molecule has 0 bridgehead atoms. The van der Waals surface area contributed by atoms with Gasteiger partial charge in [-0.05, 0) is 52.4 Å². The number of methoxy groups -OCH3 is 2. The molecule has 2 saturated carbocycles. The molecule has 0 saturated heterocycles. The van der Waals surface area contributed by atoms with Gasteiger partial charge in [0.15, 0.2) is 11.5 Å². The van der Waals surface area contributed by atoms with Crippen molar-refractivity contribution in [2.45, 2.75) is 76.9 Å². The molecule has 0 radical (unpaired) electrons. The zero-order valence-corrected chi connectivity index (χ0v) is 22.8. The van der Waals surface area contributed by atoms with Gasteiger partial charge in [-0.2, -0.15) is 9.97 Å².